The summed E-state index contributed by atoms with van der Waals surface area (Å²) in [6.07, 6.45) is 1.69. The smallest absolute Gasteiger partial charge is 0.244 e. The van der Waals surface area contributed by atoms with E-state index in [0.29, 0.717) is 18.8 Å². The van der Waals surface area contributed by atoms with Gasteiger partial charge in [0.1, 0.15) is 0 Å². The molecule has 122 valence electrons. The first kappa shape index (κ1) is 16.9. The van der Waals surface area contributed by atoms with Crippen molar-refractivity contribution in [3.63, 3.8) is 0 Å². The Morgan fingerprint density at radius 3 is 2.57 bits per heavy atom. The van der Waals surface area contributed by atoms with Gasteiger partial charge in [-0.25, -0.2) is 0 Å². The average molecular weight is 314 g/mol. The van der Waals surface area contributed by atoms with Crippen molar-refractivity contribution in [1.29, 1.82) is 0 Å². The number of hydrogen-bond acceptors (Lipinski definition) is 4. The van der Waals surface area contributed by atoms with Gasteiger partial charge in [0.2, 0.25) is 11.8 Å². The van der Waals surface area contributed by atoms with E-state index in [2.05, 4.69) is 10.3 Å². The Morgan fingerprint density at radius 1 is 1.13 bits per heavy atom. The number of pyridine rings is 1. The van der Waals surface area contributed by atoms with E-state index >= 15 is 0 Å². The Bertz CT molecular complexity index is 695. The fraction of sp³-hybridized carbons (Fsp3) is 0.353. The van der Waals surface area contributed by atoms with Gasteiger partial charge in [-0.15, -0.1) is 0 Å². The molecule has 0 saturated heterocycles. The summed E-state index contributed by atoms with van der Waals surface area (Å²) in [5, 5.41) is 3.81. The molecule has 0 saturated carbocycles. The van der Waals surface area contributed by atoms with Gasteiger partial charge >= 0.3 is 0 Å². The van der Waals surface area contributed by atoms with Crippen molar-refractivity contribution < 1.29 is 9.59 Å². The Labute approximate surface area is 136 Å². The SMILES string of the molecule is CC(=O)N(CCN(C)C)CC(=O)Nc1cccc2cccnc12. The minimum absolute atomic E-state index is 0.0341. The van der Waals surface area contributed by atoms with E-state index in [1.807, 2.05) is 49.3 Å². The van der Waals surface area contributed by atoms with Crippen LogP contribution in [0, 0.1) is 0 Å². The first-order chi connectivity index (χ1) is 11.0. The topological polar surface area (TPSA) is 65.5 Å². The number of likely N-dealkylation sites (N-methyl/N-ethyl adjacent to an activating group) is 1. The summed E-state index contributed by atoms with van der Waals surface area (Å²) in [6.45, 7) is 2.74. The van der Waals surface area contributed by atoms with Gasteiger partial charge in [-0.1, -0.05) is 18.2 Å². The van der Waals surface area contributed by atoms with E-state index in [4.69, 9.17) is 0 Å². The predicted octanol–water partition coefficient (Wildman–Crippen LogP) is 1.58. The molecule has 2 aromatic rings. The number of aromatic nitrogens is 1. The molecule has 1 N–H and O–H groups in total. The van der Waals surface area contributed by atoms with E-state index in [-0.39, 0.29) is 18.4 Å². The largest absolute Gasteiger partial charge is 0.332 e. The van der Waals surface area contributed by atoms with Gasteiger partial charge in [0.25, 0.3) is 0 Å². The zero-order valence-corrected chi connectivity index (χ0v) is 13.7. The van der Waals surface area contributed by atoms with Crippen molar-refractivity contribution >= 4 is 28.4 Å². The molecule has 0 bridgehead atoms. The van der Waals surface area contributed by atoms with Crippen LogP contribution in [0.2, 0.25) is 0 Å². The third-order valence-corrected chi connectivity index (χ3v) is 3.50. The number of hydrogen-bond donors (Lipinski definition) is 1. The number of para-hydroxylation sites is 1. The van der Waals surface area contributed by atoms with E-state index in [9.17, 15) is 9.59 Å². The Kier molecular flexibility index (Phi) is 5.65. The van der Waals surface area contributed by atoms with Crippen LogP contribution in [0.1, 0.15) is 6.92 Å². The van der Waals surface area contributed by atoms with Crippen LogP contribution >= 0.6 is 0 Å². The second-order valence-corrected chi connectivity index (χ2v) is 5.67. The van der Waals surface area contributed by atoms with Gasteiger partial charge in [-0.3, -0.25) is 14.6 Å². The number of benzene rings is 1. The third-order valence-electron chi connectivity index (χ3n) is 3.50. The maximum Gasteiger partial charge on any atom is 0.244 e. The van der Waals surface area contributed by atoms with Crippen molar-refractivity contribution in [3.05, 3.63) is 36.5 Å². The minimum Gasteiger partial charge on any atom is -0.332 e. The van der Waals surface area contributed by atoms with Crippen LogP contribution in [0.25, 0.3) is 10.9 Å². The third kappa shape index (κ3) is 4.75. The molecule has 2 amide bonds. The van der Waals surface area contributed by atoms with Crippen LogP contribution in [0.4, 0.5) is 5.69 Å². The summed E-state index contributed by atoms with van der Waals surface area (Å²) < 4.78 is 0. The molecule has 0 aliphatic heterocycles. The standard InChI is InChI=1S/C17H22N4O2/c1-13(22)21(11-10-20(2)3)12-16(23)19-15-8-4-6-14-7-5-9-18-17(14)15/h4-9H,10-12H2,1-3H3,(H,19,23). The molecule has 0 spiro atoms. The van der Waals surface area contributed by atoms with Gasteiger partial charge in [-0.2, -0.15) is 0 Å². The maximum atomic E-state index is 12.3. The molecule has 6 heteroatoms. The van der Waals surface area contributed by atoms with Crippen LogP contribution in [0.5, 0.6) is 0 Å². The summed E-state index contributed by atoms with van der Waals surface area (Å²) in [7, 11) is 3.86. The Balaban J connectivity index is 2.06. The highest BCUT2D eigenvalue weighted by molar-refractivity contribution is 6.01. The molecule has 1 aromatic heterocycles. The highest BCUT2D eigenvalue weighted by Gasteiger charge is 2.14. The Morgan fingerprint density at radius 2 is 1.87 bits per heavy atom. The molecule has 2 rings (SSSR count). The average Bonchev–Trinajstić information content (AvgIpc) is 2.51. The van der Waals surface area contributed by atoms with E-state index in [1.54, 1.807) is 6.20 Å². The number of fused-ring (bicyclic) bond motifs is 1. The van der Waals surface area contributed by atoms with Crippen LogP contribution in [-0.4, -0.2) is 60.3 Å². The van der Waals surface area contributed by atoms with E-state index in [0.717, 1.165) is 10.9 Å². The second-order valence-electron chi connectivity index (χ2n) is 5.67. The summed E-state index contributed by atoms with van der Waals surface area (Å²) in [5.41, 5.74) is 1.40. The fourth-order valence-corrected chi connectivity index (χ4v) is 2.24. The van der Waals surface area contributed by atoms with Crippen molar-refractivity contribution in [2.45, 2.75) is 6.92 Å². The first-order valence-electron chi connectivity index (χ1n) is 7.51. The summed E-state index contributed by atoms with van der Waals surface area (Å²) in [5.74, 6) is -0.338. The lowest BCUT2D eigenvalue weighted by atomic mass is 10.2. The van der Waals surface area contributed by atoms with Crippen molar-refractivity contribution in [2.75, 3.05) is 39.0 Å². The van der Waals surface area contributed by atoms with Crippen molar-refractivity contribution in [1.82, 2.24) is 14.8 Å². The zero-order chi connectivity index (χ0) is 16.8. The van der Waals surface area contributed by atoms with E-state index < -0.39 is 0 Å². The van der Waals surface area contributed by atoms with Crippen LogP contribution in [0.3, 0.4) is 0 Å². The summed E-state index contributed by atoms with van der Waals surface area (Å²) in [4.78, 5) is 31.8. The van der Waals surface area contributed by atoms with Crippen molar-refractivity contribution in [2.24, 2.45) is 0 Å². The van der Waals surface area contributed by atoms with Gasteiger partial charge in [0, 0.05) is 31.6 Å². The maximum absolute atomic E-state index is 12.3. The fourth-order valence-electron chi connectivity index (χ4n) is 2.24. The number of nitrogens with zero attached hydrogens (tertiary/aromatic N) is 3. The number of rotatable bonds is 6. The lowest BCUT2D eigenvalue weighted by Gasteiger charge is -2.22. The van der Waals surface area contributed by atoms with Crippen LogP contribution < -0.4 is 5.32 Å². The number of carbonyl (C=O) groups excluding carboxylic acids is 2. The zero-order valence-electron chi connectivity index (χ0n) is 13.7. The molecule has 0 fully saturated rings. The molecule has 1 heterocycles. The summed E-state index contributed by atoms with van der Waals surface area (Å²) >= 11 is 0. The number of anilines is 1. The lowest BCUT2D eigenvalue weighted by molar-refractivity contribution is -0.132. The van der Waals surface area contributed by atoms with Crippen LogP contribution in [0.15, 0.2) is 36.5 Å². The molecule has 0 unspecified atom stereocenters. The highest BCUT2D eigenvalue weighted by Crippen LogP contribution is 2.20. The molecule has 0 aliphatic rings. The molecule has 23 heavy (non-hydrogen) atoms. The quantitative estimate of drug-likeness (QED) is 0.879. The van der Waals surface area contributed by atoms with Crippen molar-refractivity contribution in [3.8, 4) is 0 Å². The molecule has 1 aromatic carbocycles. The molecule has 0 aliphatic carbocycles. The minimum atomic E-state index is -0.225. The summed E-state index contributed by atoms with van der Waals surface area (Å²) in [6, 6.07) is 9.42. The second kappa shape index (κ2) is 7.69. The Hall–Kier alpha value is -2.47. The number of carbonyl (C=O) groups is 2. The number of amides is 2. The van der Waals surface area contributed by atoms with Crippen LogP contribution in [-0.2, 0) is 9.59 Å². The first-order valence-corrected chi connectivity index (χ1v) is 7.51. The monoisotopic (exact) mass is 314 g/mol. The predicted molar refractivity (Wildman–Crippen MR) is 91.2 cm³/mol. The lowest BCUT2D eigenvalue weighted by Crippen LogP contribution is -2.40. The van der Waals surface area contributed by atoms with Gasteiger partial charge < -0.3 is 15.1 Å². The number of nitrogens with one attached hydrogen (secondary N) is 1. The molecule has 0 radical (unpaired) electrons. The van der Waals surface area contributed by atoms with Gasteiger partial charge in [0.15, 0.2) is 0 Å². The normalized spacial score (nSPS) is 10.8. The molecule has 0 atom stereocenters. The van der Waals surface area contributed by atoms with Gasteiger partial charge in [-0.05, 0) is 26.2 Å². The molecular formula is C17H22N4O2. The highest BCUT2D eigenvalue weighted by atomic mass is 16.2. The van der Waals surface area contributed by atoms with Gasteiger partial charge in [0.05, 0.1) is 17.7 Å². The molecular weight excluding hydrogens is 292 g/mol. The van der Waals surface area contributed by atoms with E-state index in [1.165, 1.54) is 11.8 Å². The molecule has 6 nitrogen and oxygen atoms in total.